The van der Waals surface area contributed by atoms with Crippen LogP contribution in [0.1, 0.15) is 20.3 Å². The quantitative estimate of drug-likeness (QED) is 0.686. The lowest BCUT2D eigenvalue weighted by atomic mass is 10.0. The fourth-order valence-corrected chi connectivity index (χ4v) is 1.63. The van der Waals surface area contributed by atoms with Gasteiger partial charge in [0.05, 0.1) is 7.11 Å². The molecule has 0 radical (unpaired) electrons. The molecule has 0 aliphatic heterocycles. The summed E-state index contributed by atoms with van der Waals surface area (Å²) in [5, 5.41) is 6.03. The van der Waals surface area contributed by atoms with Crippen LogP contribution in [0.3, 0.4) is 0 Å². The molecule has 18 heavy (non-hydrogen) atoms. The van der Waals surface area contributed by atoms with E-state index < -0.39 is 5.54 Å². The highest BCUT2D eigenvalue weighted by molar-refractivity contribution is 5.76. The molecule has 100 valence electrons. The van der Waals surface area contributed by atoms with Gasteiger partial charge >= 0.3 is 0 Å². The zero-order valence-corrected chi connectivity index (χ0v) is 11.1. The van der Waals surface area contributed by atoms with Gasteiger partial charge in [-0.1, -0.05) is 0 Å². The highest BCUT2D eigenvalue weighted by atomic mass is 16.5. The molecule has 1 heterocycles. The van der Waals surface area contributed by atoms with Gasteiger partial charge in [-0.3, -0.25) is 4.79 Å². The third kappa shape index (κ3) is 3.47. The summed E-state index contributed by atoms with van der Waals surface area (Å²) in [4.78, 5) is 19.1. The second kappa shape index (κ2) is 5.52. The van der Waals surface area contributed by atoms with Crippen LogP contribution in [0.15, 0.2) is 6.33 Å². The topological polar surface area (TPSA) is 102 Å². The van der Waals surface area contributed by atoms with Crippen LogP contribution in [0.25, 0.3) is 0 Å². The van der Waals surface area contributed by atoms with Crippen molar-refractivity contribution in [1.29, 1.82) is 0 Å². The summed E-state index contributed by atoms with van der Waals surface area (Å²) in [5.41, 5.74) is 4.69. The standard InChI is InChI=1S/C11H19N5O2/c1-11(2,5-7(12)17)16-10-8(18-4)9(13-3)14-6-15-10/h6H,5H2,1-4H3,(H2,12,17)(H2,13,14,15,16). The smallest absolute Gasteiger partial charge is 0.219 e. The van der Waals surface area contributed by atoms with Gasteiger partial charge in [0.2, 0.25) is 11.7 Å². The zero-order chi connectivity index (χ0) is 13.8. The summed E-state index contributed by atoms with van der Waals surface area (Å²) in [6, 6.07) is 0. The Labute approximate surface area is 106 Å². The number of hydrogen-bond acceptors (Lipinski definition) is 6. The van der Waals surface area contributed by atoms with Crippen LogP contribution in [-0.4, -0.2) is 35.6 Å². The van der Waals surface area contributed by atoms with Gasteiger partial charge in [-0.15, -0.1) is 0 Å². The van der Waals surface area contributed by atoms with Crippen molar-refractivity contribution in [2.24, 2.45) is 5.73 Å². The molecule has 0 unspecified atom stereocenters. The minimum absolute atomic E-state index is 0.190. The van der Waals surface area contributed by atoms with Crippen molar-refractivity contribution < 1.29 is 9.53 Å². The van der Waals surface area contributed by atoms with E-state index in [0.29, 0.717) is 17.4 Å². The van der Waals surface area contributed by atoms with E-state index in [2.05, 4.69) is 20.6 Å². The Morgan fingerprint density at radius 2 is 2.06 bits per heavy atom. The van der Waals surface area contributed by atoms with E-state index in [-0.39, 0.29) is 12.3 Å². The lowest BCUT2D eigenvalue weighted by Crippen LogP contribution is -2.36. The predicted molar refractivity (Wildman–Crippen MR) is 69.6 cm³/mol. The molecule has 0 saturated carbocycles. The number of anilines is 2. The molecule has 1 aromatic heterocycles. The third-order valence-corrected chi connectivity index (χ3v) is 2.32. The molecule has 0 fully saturated rings. The number of carbonyl (C=O) groups is 1. The largest absolute Gasteiger partial charge is 0.490 e. The predicted octanol–water partition coefficient (Wildman–Crippen LogP) is 0.593. The van der Waals surface area contributed by atoms with E-state index in [1.807, 2.05) is 13.8 Å². The van der Waals surface area contributed by atoms with Crippen LogP contribution in [0.5, 0.6) is 5.75 Å². The van der Waals surface area contributed by atoms with E-state index in [4.69, 9.17) is 10.5 Å². The van der Waals surface area contributed by atoms with Crippen molar-refractivity contribution in [3.05, 3.63) is 6.33 Å². The van der Waals surface area contributed by atoms with Gasteiger partial charge in [0.1, 0.15) is 6.33 Å². The molecule has 0 saturated heterocycles. The number of primary amides is 1. The molecule has 4 N–H and O–H groups in total. The van der Waals surface area contributed by atoms with Crippen molar-refractivity contribution in [2.45, 2.75) is 25.8 Å². The van der Waals surface area contributed by atoms with E-state index in [0.717, 1.165) is 0 Å². The van der Waals surface area contributed by atoms with E-state index in [1.165, 1.54) is 13.4 Å². The van der Waals surface area contributed by atoms with Crippen LogP contribution >= 0.6 is 0 Å². The highest BCUT2D eigenvalue weighted by Crippen LogP contribution is 2.31. The number of nitrogens with one attached hydrogen (secondary N) is 2. The monoisotopic (exact) mass is 253 g/mol. The number of nitrogens with zero attached hydrogens (tertiary/aromatic N) is 2. The maximum Gasteiger partial charge on any atom is 0.219 e. The molecule has 1 rings (SSSR count). The Bertz CT molecular complexity index is 433. The number of hydrogen-bond donors (Lipinski definition) is 3. The Kier molecular flexibility index (Phi) is 4.30. The van der Waals surface area contributed by atoms with Crippen LogP contribution in [-0.2, 0) is 4.79 Å². The van der Waals surface area contributed by atoms with Crippen LogP contribution < -0.4 is 21.1 Å². The van der Waals surface area contributed by atoms with Crippen molar-refractivity contribution in [3.8, 4) is 5.75 Å². The van der Waals surface area contributed by atoms with Gasteiger partial charge in [-0.05, 0) is 13.8 Å². The Hall–Kier alpha value is -2.05. The van der Waals surface area contributed by atoms with Gasteiger partial charge in [0, 0.05) is 19.0 Å². The molecule has 1 amide bonds. The number of nitrogens with two attached hydrogens (primary N) is 1. The van der Waals surface area contributed by atoms with Gasteiger partial charge in [0.25, 0.3) is 0 Å². The molecule has 0 aliphatic rings. The minimum atomic E-state index is -0.515. The maximum atomic E-state index is 11.0. The number of carbonyl (C=O) groups excluding carboxylic acids is 1. The van der Waals surface area contributed by atoms with E-state index >= 15 is 0 Å². The Morgan fingerprint density at radius 3 is 2.56 bits per heavy atom. The first-order valence-electron chi connectivity index (χ1n) is 5.53. The number of rotatable bonds is 6. The lowest BCUT2D eigenvalue weighted by molar-refractivity contribution is -0.118. The molecule has 0 atom stereocenters. The molecule has 7 nitrogen and oxygen atoms in total. The average Bonchev–Trinajstić information content (AvgIpc) is 2.26. The number of aromatic nitrogens is 2. The van der Waals surface area contributed by atoms with Crippen LogP contribution in [0.4, 0.5) is 11.6 Å². The van der Waals surface area contributed by atoms with E-state index in [9.17, 15) is 4.79 Å². The highest BCUT2D eigenvalue weighted by Gasteiger charge is 2.23. The first kappa shape index (κ1) is 14.0. The second-order valence-electron chi connectivity index (χ2n) is 4.51. The summed E-state index contributed by atoms with van der Waals surface area (Å²) in [6.45, 7) is 3.72. The van der Waals surface area contributed by atoms with E-state index in [1.54, 1.807) is 7.05 Å². The average molecular weight is 253 g/mol. The van der Waals surface area contributed by atoms with Crippen LogP contribution in [0.2, 0.25) is 0 Å². The first-order valence-corrected chi connectivity index (χ1v) is 5.53. The zero-order valence-electron chi connectivity index (χ0n) is 11.1. The summed E-state index contributed by atoms with van der Waals surface area (Å²) in [6.07, 6.45) is 1.60. The number of methoxy groups -OCH3 is 1. The molecule has 0 aromatic carbocycles. The Morgan fingerprint density at radius 1 is 1.44 bits per heavy atom. The summed E-state index contributed by atoms with van der Waals surface area (Å²) >= 11 is 0. The molecular weight excluding hydrogens is 234 g/mol. The van der Waals surface area contributed by atoms with Gasteiger partial charge in [-0.25, -0.2) is 9.97 Å². The molecule has 0 spiro atoms. The third-order valence-electron chi connectivity index (χ3n) is 2.32. The van der Waals surface area contributed by atoms with Crippen molar-refractivity contribution in [1.82, 2.24) is 9.97 Å². The molecule has 0 bridgehead atoms. The van der Waals surface area contributed by atoms with Crippen molar-refractivity contribution in [3.63, 3.8) is 0 Å². The van der Waals surface area contributed by atoms with Crippen molar-refractivity contribution >= 4 is 17.5 Å². The molecule has 0 aliphatic carbocycles. The second-order valence-corrected chi connectivity index (χ2v) is 4.51. The molecule has 7 heteroatoms. The molecule has 1 aromatic rings. The van der Waals surface area contributed by atoms with Gasteiger partial charge in [0.15, 0.2) is 11.6 Å². The number of amides is 1. The fourth-order valence-electron chi connectivity index (χ4n) is 1.63. The lowest BCUT2D eigenvalue weighted by Gasteiger charge is -2.26. The fraction of sp³-hybridized carbons (Fsp3) is 0.545. The van der Waals surface area contributed by atoms with Gasteiger partial charge in [-0.2, -0.15) is 0 Å². The van der Waals surface area contributed by atoms with Gasteiger partial charge < -0.3 is 21.1 Å². The van der Waals surface area contributed by atoms with Crippen molar-refractivity contribution in [2.75, 3.05) is 24.8 Å². The molecular formula is C11H19N5O2. The summed E-state index contributed by atoms with van der Waals surface area (Å²) < 4.78 is 5.25. The first-order chi connectivity index (χ1) is 8.39. The van der Waals surface area contributed by atoms with Crippen LogP contribution in [0, 0.1) is 0 Å². The maximum absolute atomic E-state index is 11.0. The SMILES string of the molecule is CNc1ncnc(NC(C)(C)CC(N)=O)c1OC. The minimum Gasteiger partial charge on any atom is -0.490 e. The number of ether oxygens (including phenoxy) is 1. The summed E-state index contributed by atoms with van der Waals surface area (Å²) in [7, 11) is 3.27. The normalized spacial score (nSPS) is 10.9. The Balaban J connectivity index is 3.00. The summed E-state index contributed by atoms with van der Waals surface area (Å²) in [5.74, 6) is 1.21.